The Morgan fingerprint density at radius 2 is 1.88 bits per heavy atom. The number of halogens is 2. The number of nitrogens with zero attached hydrogens (tertiary/aromatic N) is 2. The van der Waals surface area contributed by atoms with Crippen molar-refractivity contribution in [2.45, 2.75) is 19.3 Å². The molecule has 2 aromatic rings. The third kappa shape index (κ3) is 5.18. The van der Waals surface area contributed by atoms with E-state index in [1.807, 2.05) is 42.2 Å². The lowest BCUT2D eigenvalue weighted by molar-refractivity contribution is -0.129. The molecule has 25 heavy (non-hydrogen) atoms. The average molecular weight is 382 g/mol. The van der Waals surface area contributed by atoms with Crippen molar-refractivity contribution in [1.82, 2.24) is 9.88 Å². The summed E-state index contributed by atoms with van der Waals surface area (Å²) in [7, 11) is 0. The number of carbonyl (C=O) groups is 1. The maximum Gasteiger partial charge on any atom is 0.227 e. The first kappa shape index (κ1) is 21.4. The van der Waals surface area contributed by atoms with Gasteiger partial charge in [-0.25, -0.2) is 0 Å². The Hall–Kier alpha value is -1.62. The summed E-state index contributed by atoms with van der Waals surface area (Å²) < 4.78 is 0. The van der Waals surface area contributed by atoms with Gasteiger partial charge in [0, 0.05) is 30.9 Å². The lowest BCUT2D eigenvalue weighted by Crippen LogP contribution is -2.31. The van der Waals surface area contributed by atoms with Crippen molar-refractivity contribution in [3.8, 4) is 0 Å². The van der Waals surface area contributed by atoms with E-state index < -0.39 is 0 Å². The predicted octanol–water partition coefficient (Wildman–Crippen LogP) is 2.98. The first-order chi connectivity index (χ1) is 11.2. The van der Waals surface area contributed by atoms with Crippen LogP contribution in [0.2, 0.25) is 0 Å². The van der Waals surface area contributed by atoms with E-state index in [0.717, 1.165) is 24.3 Å². The molecular formula is C19H25Cl2N3O. The minimum atomic E-state index is 0. The molecule has 0 bridgehead atoms. The highest BCUT2D eigenvalue weighted by Crippen LogP contribution is 2.32. The number of aryl methyl sites for hydroxylation is 1. The molecule has 1 aromatic carbocycles. The molecule has 4 nitrogen and oxygen atoms in total. The van der Waals surface area contributed by atoms with E-state index in [4.69, 9.17) is 5.73 Å². The Balaban J connectivity index is 0.00000156. The van der Waals surface area contributed by atoms with Crippen LogP contribution in [0.1, 0.15) is 22.7 Å². The van der Waals surface area contributed by atoms with Crippen molar-refractivity contribution in [2.24, 2.45) is 11.7 Å². The van der Waals surface area contributed by atoms with E-state index in [1.165, 1.54) is 5.56 Å². The molecule has 3 rings (SSSR count). The monoisotopic (exact) mass is 381 g/mol. The molecule has 0 saturated carbocycles. The summed E-state index contributed by atoms with van der Waals surface area (Å²) >= 11 is 0. The SMILES string of the molecule is Cc1ccc(CC(=O)N2C[C@@H](CN)[C@H](c3ccccc3)C2)cn1.Cl.Cl. The van der Waals surface area contributed by atoms with Crippen molar-refractivity contribution >= 4 is 30.7 Å². The van der Waals surface area contributed by atoms with Gasteiger partial charge in [-0.1, -0.05) is 36.4 Å². The van der Waals surface area contributed by atoms with Gasteiger partial charge >= 0.3 is 0 Å². The van der Waals surface area contributed by atoms with Crippen molar-refractivity contribution in [3.05, 3.63) is 65.5 Å². The lowest BCUT2D eigenvalue weighted by Gasteiger charge is -2.17. The molecule has 2 heterocycles. The molecule has 0 unspecified atom stereocenters. The molecule has 2 N–H and O–H groups in total. The van der Waals surface area contributed by atoms with Gasteiger partial charge in [0.05, 0.1) is 6.42 Å². The Morgan fingerprint density at radius 1 is 1.16 bits per heavy atom. The fourth-order valence-electron chi connectivity index (χ4n) is 3.28. The van der Waals surface area contributed by atoms with Gasteiger partial charge in [-0.3, -0.25) is 9.78 Å². The third-order valence-corrected chi connectivity index (χ3v) is 4.65. The normalized spacial score (nSPS) is 19.0. The van der Waals surface area contributed by atoms with Crippen LogP contribution in [0.3, 0.4) is 0 Å². The molecular weight excluding hydrogens is 357 g/mol. The largest absolute Gasteiger partial charge is 0.341 e. The van der Waals surface area contributed by atoms with Gasteiger partial charge in [0.1, 0.15) is 0 Å². The minimum Gasteiger partial charge on any atom is -0.341 e. The van der Waals surface area contributed by atoms with Crippen molar-refractivity contribution in [3.63, 3.8) is 0 Å². The second-order valence-electron chi connectivity index (χ2n) is 6.30. The zero-order chi connectivity index (χ0) is 16.2. The van der Waals surface area contributed by atoms with Gasteiger partial charge in [0.2, 0.25) is 5.91 Å². The zero-order valence-corrected chi connectivity index (χ0v) is 15.9. The second-order valence-corrected chi connectivity index (χ2v) is 6.30. The van der Waals surface area contributed by atoms with Gasteiger partial charge in [-0.2, -0.15) is 0 Å². The number of benzene rings is 1. The summed E-state index contributed by atoms with van der Waals surface area (Å²) in [6.45, 7) is 4.05. The molecule has 1 amide bonds. The van der Waals surface area contributed by atoms with Gasteiger partial charge in [-0.05, 0) is 36.6 Å². The quantitative estimate of drug-likeness (QED) is 0.885. The van der Waals surface area contributed by atoms with Gasteiger partial charge in [0.15, 0.2) is 0 Å². The molecule has 1 aromatic heterocycles. The van der Waals surface area contributed by atoms with Crippen molar-refractivity contribution < 1.29 is 4.79 Å². The molecule has 0 radical (unpaired) electrons. The van der Waals surface area contributed by atoms with Crippen LogP contribution in [-0.2, 0) is 11.2 Å². The summed E-state index contributed by atoms with van der Waals surface area (Å²) in [6.07, 6.45) is 2.20. The highest BCUT2D eigenvalue weighted by atomic mass is 35.5. The lowest BCUT2D eigenvalue weighted by atomic mass is 9.89. The molecule has 0 aliphatic carbocycles. The number of amides is 1. The smallest absolute Gasteiger partial charge is 0.227 e. The van der Waals surface area contributed by atoms with E-state index in [2.05, 4.69) is 17.1 Å². The van der Waals surface area contributed by atoms with Crippen LogP contribution in [0.15, 0.2) is 48.7 Å². The molecule has 0 spiro atoms. The molecule has 1 aliphatic heterocycles. The van der Waals surface area contributed by atoms with Crippen LogP contribution >= 0.6 is 24.8 Å². The van der Waals surface area contributed by atoms with E-state index in [0.29, 0.717) is 24.8 Å². The first-order valence-corrected chi connectivity index (χ1v) is 8.11. The van der Waals surface area contributed by atoms with E-state index >= 15 is 0 Å². The number of pyridine rings is 1. The molecule has 1 aliphatic rings. The number of hydrogen-bond donors (Lipinski definition) is 1. The minimum absolute atomic E-state index is 0. The van der Waals surface area contributed by atoms with Crippen LogP contribution in [0.5, 0.6) is 0 Å². The first-order valence-electron chi connectivity index (χ1n) is 8.11. The Morgan fingerprint density at radius 3 is 2.48 bits per heavy atom. The van der Waals surface area contributed by atoms with Crippen LogP contribution < -0.4 is 5.73 Å². The Bertz CT molecular complexity index is 664. The summed E-state index contributed by atoms with van der Waals surface area (Å²) in [6, 6.07) is 14.3. The highest BCUT2D eigenvalue weighted by Gasteiger charge is 2.35. The second kappa shape index (κ2) is 9.76. The summed E-state index contributed by atoms with van der Waals surface area (Å²) in [4.78, 5) is 18.8. The van der Waals surface area contributed by atoms with Gasteiger partial charge in [0.25, 0.3) is 0 Å². The van der Waals surface area contributed by atoms with Crippen molar-refractivity contribution in [1.29, 1.82) is 0 Å². The predicted molar refractivity (Wildman–Crippen MR) is 105 cm³/mol. The highest BCUT2D eigenvalue weighted by molar-refractivity contribution is 5.85. The summed E-state index contributed by atoms with van der Waals surface area (Å²) in [5.74, 6) is 0.825. The topological polar surface area (TPSA) is 59.2 Å². The van der Waals surface area contributed by atoms with E-state index in [9.17, 15) is 4.79 Å². The van der Waals surface area contributed by atoms with E-state index in [1.54, 1.807) is 6.20 Å². The van der Waals surface area contributed by atoms with Gasteiger partial charge in [-0.15, -0.1) is 24.8 Å². The summed E-state index contributed by atoms with van der Waals surface area (Å²) in [5.41, 5.74) is 9.15. The molecule has 2 atom stereocenters. The number of rotatable bonds is 4. The van der Waals surface area contributed by atoms with Crippen molar-refractivity contribution in [2.75, 3.05) is 19.6 Å². The molecule has 1 fully saturated rings. The maximum absolute atomic E-state index is 12.6. The average Bonchev–Trinajstić information content (AvgIpc) is 3.02. The number of aromatic nitrogens is 1. The Kier molecular flexibility index (Phi) is 8.36. The number of likely N-dealkylation sites (tertiary alicyclic amines) is 1. The van der Waals surface area contributed by atoms with Crippen LogP contribution in [0.4, 0.5) is 0 Å². The van der Waals surface area contributed by atoms with Crippen LogP contribution in [0, 0.1) is 12.8 Å². The molecule has 1 saturated heterocycles. The standard InChI is InChI=1S/C19H23N3O.2ClH/c1-14-7-8-15(11-21-14)9-19(23)22-12-17(10-20)18(13-22)16-5-3-2-4-6-16;;/h2-8,11,17-18H,9-10,12-13,20H2,1H3;2*1H/t17-,18+;;/m1../s1. The summed E-state index contributed by atoms with van der Waals surface area (Å²) in [5, 5.41) is 0. The van der Waals surface area contributed by atoms with Gasteiger partial charge < -0.3 is 10.6 Å². The van der Waals surface area contributed by atoms with Crippen LogP contribution in [0.25, 0.3) is 0 Å². The number of hydrogen-bond acceptors (Lipinski definition) is 3. The number of nitrogens with two attached hydrogens (primary N) is 1. The fraction of sp³-hybridized carbons (Fsp3) is 0.368. The fourth-order valence-corrected chi connectivity index (χ4v) is 3.28. The van der Waals surface area contributed by atoms with Crippen LogP contribution in [-0.4, -0.2) is 35.4 Å². The molecule has 6 heteroatoms. The third-order valence-electron chi connectivity index (χ3n) is 4.65. The zero-order valence-electron chi connectivity index (χ0n) is 14.3. The van der Waals surface area contributed by atoms with E-state index in [-0.39, 0.29) is 30.7 Å². The number of carbonyl (C=O) groups excluding carboxylic acids is 1. The molecule has 136 valence electrons. The maximum atomic E-state index is 12.6. The Labute approximate surface area is 161 Å².